The van der Waals surface area contributed by atoms with Crippen LogP contribution in [0.5, 0.6) is 0 Å². The number of rotatable bonds is 2. The summed E-state index contributed by atoms with van der Waals surface area (Å²) in [5.74, 6) is 0.593. The molecule has 0 aliphatic carbocycles. The molecule has 1 aromatic heterocycles. The summed E-state index contributed by atoms with van der Waals surface area (Å²) in [4.78, 5) is 28.5. The number of likely N-dealkylation sites (tertiary alicyclic amines) is 1. The number of aromatic nitrogens is 1. The quantitative estimate of drug-likeness (QED) is 0.462. The fourth-order valence-electron chi connectivity index (χ4n) is 5.45. The van der Waals surface area contributed by atoms with Gasteiger partial charge in [0.25, 0.3) is 11.5 Å². The lowest BCUT2D eigenvalue weighted by atomic mass is 9.82. The number of hydrogen-bond donors (Lipinski definition) is 0. The van der Waals surface area contributed by atoms with E-state index in [1.807, 2.05) is 64.1 Å². The van der Waals surface area contributed by atoms with Crippen LogP contribution in [0.1, 0.15) is 28.4 Å². The Hall–Kier alpha value is -3.66. The van der Waals surface area contributed by atoms with Crippen molar-refractivity contribution in [3.63, 3.8) is 0 Å². The molecule has 3 heterocycles. The van der Waals surface area contributed by atoms with Crippen molar-refractivity contribution < 1.29 is 4.79 Å². The first-order valence-electron chi connectivity index (χ1n) is 11.2. The van der Waals surface area contributed by atoms with Crippen LogP contribution in [0, 0.1) is 5.92 Å². The molecule has 0 saturated carbocycles. The van der Waals surface area contributed by atoms with Crippen molar-refractivity contribution in [2.45, 2.75) is 18.9 Å². The van der Waals surface area contributed by atoms with Gasteiger partial charge >= 0.3 is 0 Å². The van der Waals surface area contributed by atoms with Crippen molar-refractivity contribution in [2.24, 2.45) is 5.92 Å². The first-order chi connectivity index (χ1) is 15.7. The monoisotopic (exact) mass is 420 g/mol. The zero-order chi connectivity index (χ0) is 21.7. The maximum Gasteiger partial charge on any atom is 0.258 e. The van der Waals surface area contributed by atoms with Crippen LogP contribution in [0.2, 0.25) is 0 Å². The minimum Gasteiger partial charge on any atom is -0.338 e. The number of piperidine rings is 1. The van der Waals surface area contributed by atoms with E-state index in [4.69, 9.17) is 0 Å². The molecule has 2 atom stereocenters. The fourth-order valence-corrected chi connectivity index (χ4v) is 5.45. The Labute approximate surface area is 186 Å². The molecule has 2 aliphatic rings. The van der Waals surface area contributed by atoms with Crippen LogP contribution in [0.4, 0.5) is 0 Å². The molecule has 2 bridgehead atoms. The normalized spacial score (nSPS) is 19.6. The van der Waals surface area contributed by atoms with Gasteiger partial charge in [0.2, 0.25) is 0 Å². The second-order valence-corrected chi connectivity index (χ2v) is 9.02. The van der Waals surface area contributed by atoms with E-state index >= 15 is 0 Å². The molecule has 3 aromatic carbocycles. The van der Waals surface area contributed by atoms with Crippen LogP contribution >= 0.6 is 0 Å². The molecule has 4 aromatic rings. The SMILES string of the molecule is O=C(c1ccccc1)N1CC2CC(C1)c1ccc(-c3ccc4ccccc4c3)c(=O)n1C2. The Bertz CT molecular complexity index is 1390. The number of pyridine rings is 1. The van der Waals surface area contributed by atoms with Gasteiger partial charge in [-0.05, 0) is 59.0 Å². The molecule has 158 valence electrons. The molecule has 2 aliphatic heterocycles. The largest absolute Gasteiger partial charge is 0.338 e. The minimum atomic E-state index is 0.0790. The number of fused-ring (bicyclic) bond motifs is 5. The van der Waals surface area contributed by atoms with E-state index in [1.54, 1.807) is 0 Å². The van der Waals surface area contributed by atoms with Gasteiger partial charge in [-0.15, -0.1) is 0 Å². The second-order valence-electron chi connectivity index (χ2n) is 9.02. The number of hydrogen-bond acceptors (Lipinski definition) is 2. The van der Waals surface area contributed by atoms with E-state index in [0.29, 0.717) is 25.6 Å². The third-order valence-electron chi connectivity index (χ3n) is 6.97. The number of carbonyl (C=O) groups excluding carboxylic acids is 1. The lowest BCUT2D eigenvalue weighted by Crippen LogP contribution is -2.49. The first kappa shape index (κ1) is 19.1. The van der Waals surface area contributed by atoms with Gasteiger partial charge in [-0.1, -0.05) is 54.6 Å². The van der Waals surface area contributed by atoms with Crippen molar-refractivity contribution in [1.82, 2.24) is 9.47 Å². The van der Waals surface area contributed by atoms with Gasteiger partial charge in [-0.25, -0.2) is 0 Å². The standard InChI is InChI=1S/C28H24N2O2/c31-27(21-7-2-1-3-8-21)29-16-19-14-24(18-29)26-13-12-25(28(32)30(26)17-19)23-11-10-20-6-4-5-9-22(20)15-23/h1-13,15,19,24H,14,16-18H2. The smallest absolute Gasteiger partial charge is 0.258 e. The van der Waals surface area contributed by atoms with E-state index in [0.717, 1.165) is 34.2 Å². The number of nitrogens with zero attached hydrogens (tertiary/aromatic N) is 2. The van der Waals surface area contributed by atoms with Crippen LogP contribution in [-0.2, 0) is 6.54 Å². The van der Waals surface area contributed by atoms with Crippen molar-refractivity contribution in [2.75, 3.05) is 13.1 Å². The Morgan fingerprint density at radius 1 is 0.781 bits per heavy atom. The van der Waals surface area contributed by atoms with Crippen LogP contribution < -0.4 is 5.56 Å². The molecule has 4 nitrogen and oxygen atoms in total. The van der Waals surface area contributed by atoms with Gasteiger partial charge in [0.15, 0.2) is 0 Å². The molecule has 4 heteroatoms. The molecule has 1 saturated heterocycles. The maximum absolute atomic E-state index is 13.5. The van der Waals surface area contributed by atoms with Crippen LogP contribution in [-0.4, -0.2) is 28.5 Å². The van der Waals surface area contributed by atoms with Crippen molar-refractivity contribution in [1.29, 1.82) is 0 Å². The number of carbonyl (C=O) groups is 1. The summed E-state index contributed by atoms with van der Waals surface area (Å²) in [5.41, 5.74) is 3.57. The van der Waals surface area contributed by atoms with Crippen LogP contribution in [0.3, 0.4) is 0 Å². The van der Waals surface area contributed by atoms with Crippen molar-refractivity contribution in [3.05, 3.63) is 107 Å². The molecular weight excluding hydrogens is 396 g/mol. The van der Waals surface area contributed by atoms with E-state index in [2.05, 4.69) is 30.3 Å². The highest BCUT2D eigenvalue weighted by molar-refractivity contribution is 5.94. The van der Waals surface area contributed by atoms with Crippen molar-refractivity contribution in [3.8, 4) is 11.1 Å². The molecule has 0 radical (unpaired) electrons. The highest BCUT2D eigenvalue weighted by Crippen LogP contribution is 2.36. The third kappa shape index (κ3) is 3.14. The molecule has 0 N–H and O–H groups in total. The lowest BCUT2D eigenvalue weighted by molar-refractivity contribution is 0.0594. The zero-order valence-electron chi connectivity index (χ0n) is 17.8. The Kier molecular flexibility index (Phi) is 4.46. The number of amides is 1. The molecule has 6 rings (SSSR count). The fraction of sp³-hybridized carbons (Fsp3) is 0.214. The highest BCUT2D eigenvalue weighted by atomic mass is 16.2. The van der Waals surface area contributed by atoms with Gasteiger partial charge in [0.1, 0.15) is 0 Å². The molecule has 2 unspecified atom stereocenters. The van der Waals surface area contributed by atoms with Crippen molar-refractivity contribution >= 4 is 16.7 Å². The van der Waals surface area contributed by atoms with Gasteiger partial charge < -0.3 is 9.47 Å². The lowest BCUT2D eigenvalue weighted by Gasteiger charge is -2.43. The van der Waals surface area contributed by atoms with Crippen LogP contribution in [0.25, 0.3) is 21.9 Å². The summed E-state index contributed by atoms with van der Waals surface area (Å²) in [7, 11) is 0. The summed E-state index contributed by atoms with van der Waals surface area (Å²) >= 11 is 0. The number of benzene rings is 3. The van der Waals surface area contributed by atoms with Gasteiger partial charge in [-0.2, -0.15) is 0 Å². The highest BCUT2D eigenvalue weighted by Gasteiger charge is 2.36. The molecule has 1 amide bonds. The molecule has 32 heavy (non-hydrogen) atoms. The van der Waals surface area contributed by atoms with Crippen LogP contribution in [0.15, 0.2) is 89.7 Å². The minimum absolute atomic E-state index is 0.0790. The topological polar surface area (TPSA) is 42.3 Å². The second kappa shape index (κ2) is 7.49. The average Bonchev–Trinajstić information content (AvgIpc) is 2.84. The summed E-state index contributed by atoms with van der Waals surface area (Å²) in [6, 6.07) is 28.0. The Morgan fingerprint density at radius 2 is 1.56 bits per heavy atom. The third-order valence-corrected chi connectivity index (χ3v) is 6.97. The van der Waals surface area contributed by atoms with Gasteiger partial charge in [0, 0.05) is 42.4 Å². The van der Waals surface area contributed by atoms with E-state index in [9.17, 15) is 9.59 Å². The predicted molar refractivity (Wildman–Crippen MR) is 127 cm³/mol. The summed E-state index contributed by atoms with van der Waals surface area (Å²) in [5, 5.41) is 2.31. The predicted octanol–water partition coefficient (Wildman–Crippen LogP) is 4.93. The molecule has 1 fully saturated rings. The average molecular weight is 421 g/mol. The van der Waals surface area contributed by atoms with E-state index in [-0.39, 0.29) is 17.4 Å². The Balaban J connectivity index is 1.34. The summed E-state index contributed by atoms with van der Waals surface area (Å²) in [6.07, 6.45) is 1.04. The zero-order valence-corrected chi connectivity index (χ0v) is 17.8. The van der Waals surface area contributed by atoms with Gasteiger partial charge in [0.05, 0.1) is 0 Å². The first-order valence-corrected chi connectivity index (χ1v) is 11.2. The Morgan fingerprint density at radius 3 is 2.41 bits per heavy atom. The molecular formula is C28H24N2O2. The van der Waals surface area contributed by atoms with E-state index in [1.165, 1.54) is 5.39 Å². The van der Waals surface area contributed by atoms with Gasteiger partial charge in [-0.3, -0.25) is 9.59 Å². The summed E-state index contributed by atoms with van der Waals surface area (Å²) < 4.78 is 1.97. The molecule has 0 spiro atoms. The summed E-state index contributed by atoms with van der Waals surface area (Å²) in [6.45, 7) is 2.04. The van der Waals surface area contributed by atoms with E-state index < -0.39 is 0 Å². The maximum atomic E-state index is 13.5.